The molecular formula is C20H16N4O4. The molecule has 3 N–H and O–H groups in total. The molecule has 0 aliphatic carbocycles. The SMILES string of the molecule is O=C(NNC(=O)c1cccc2cn[nH]c12)c1ccc(COc2ccccc2)o1. The predicted octanol–water partition coefficient (Wildman–Crippen LogP) is 2.81. The highest BCUT2D eigenvalue weighted by atomic mass is 16.5. The summed E-state index contributed by atoms with van der Waals surface area (Å²) in [5, 5.41) is 7.47. The van der Waals surface area contributed by atoms with Crippen LogP contribution in [0.15, 0.2) is 71.3 Å². The minimum absolute atomic E-state index is 0.0618. The number of fused-ring (bicyclic) bond motifs is 1. The summed E-state index contributed by atoms with van der Waals surface area (Å²) in [6, 6.07) is 17.6. The quantitative estimate of drug-likeness (QED) is 0.464. The Kier molecular flexibility index (Phi) is 4.75. The number of carbonyl (C=O) groups is 2. The van der Waals surface area contributed by atoms with Gasteiger partial charge in [0.1, 0.15) is 18.1 Å². The molecule has 2 amide bonds. The van der Waals surface area contributed by atoms with Crippen LogP contribution in [0, 0.1) is 0 Å². The van der Waals surface area contributed by atoms with Gasteiger partial charge in [0.25, 0.3) is 5.91 Å². The van der Waals surface area contributed by atoms with Gasteiger partial charge in [-0.05, 0) is 30.3 Å². The third kappa shape index (κ3) is 3.70. The number of rotatable bonds is 5. The lowest BCUT2D eigenvalue weighted by atomic mass is 10.1. The Morgan fingerprint density at radius 1 is 0.964 bits per heavy atom. The van der Waals surface area contributed by atoms with E-state index >= 15 is 0 Å². The molecule has 4 rings (SSSR count). The van der Waals surface area contributed by atoms with Crippen molar-refractivity contribution in [1.29, 1.82) is 0 Å². The number of ether oxygens (including phenoxy) is 1. The summed E-state index contributed by atoms with van der Waals surface area (Å²) in [4.78, 5) is 24.5. The first kappa shape index (κ1) is 17.3. The largest absolute Gasteiger partial charge is 0.486 e. The van der Waals surface area contributed by atoms with Crippen LogP contribution in [0.2, 0.25) is 0 Å². The van der Waals surface area contributed by atoms with Gasteiger partial charge in [0.05, 0.1) is 17.3 Å². The number of furan rings is 1. The van der Waals surface area contributed by atoms with Crippen molar-refractivity contribution < 1.29 is 18.7 Å². The van der Waals surface area contributed by atoms with Crippen LogP contribution < -0.4 is 15.6 Å². The molecule has 2 aromatic heterocycles. The number of nitrogens with zero attached hydrogens (tertiary/aromatic N) is 1. The minimum atomic E-state index is -0.573. The molecule has 0 aliphatic heterocycles. The second kappa shape index (κ2) is 7.67. The molecule has 2 heterocycles. The molecule has 0 saturated heterocycles. The lowest BCUT2D eigenvalue weighted by molar-refractivity contribution is 0.0829. The average Bonchev–Trinajstić information content (AvgIpc) is 3.40. The normalized spacial score (nSPS) is 10.6. The number of benzene rings is 2. The first-order chi connectivity index (χ1) is 13.7. The molecule has 0 aliphatic rings. The molecule has 28 heavy (non-hydrogen) atoms. The first-order valence-corrected chi connectivity index (χ1v) is 8.50. The Balaban J connectivity index is 1.34. The summed E-state index contributed by atoms with van der Waals surface area (Å²) in [6.45, 7) is 0.186. The van der Waals surface area contributed by atoms with Crippen LogP contribution in [-0.4, -0.2) is 22.0 Å². The van der Waals surface area contributed by atoms with Gasteiger partial charge in [-0.1, -0.05) is 30.3 Å². The zero-order valence-electron chi connectivity index (χ0n) is 14.6. The van der Waals surface area contributed by atoms with Crippen LogP contribution in [-0.2, 0) is 6.61 Å². The molecule has 0 spiro atoms. The maximum Gasteiger partial charge on any atom is 0.305 e. The molecule has 0 atom stereocenters. The maximum atomic E-state index is 12.3. The van der Waals surface area contributed by atoms with Gasteiger partial charge in [-0.3, -0.25) is 25.5 Å². The predicted molar refractivity (Wildman–Crippen MR) is 101 cm³/mol. The van der Waals surface area contributed by atoms with E-state index in [1.807, 2.05) is 36.4 Å². The molecule has 4 aromatic rings. The molecule has 8 heteroatoms. The van der Waals surface area contributed by atoms with Gasteiger partial charge in [-0.2, -0.15) is 5.10 Å². The fourth-order valence-electron chi connectivity index (χ4n) is 2.65. The van der Waals surface area contributed by atoms with E-state index in [0.29, 0.717) is 22.6 Å². The summed E-state index contributed by atoms with van der Waals surface area (Å²) in [5.41, 5.74) is 5.66. The number of amides is 2. The van der Waals surface area contributed by atoms with Crippen LogP contribution in [0.5, 0.6) is 5.75 Å². The number of hydrazine groups is 1. The number of H-pyrrole nitrogens is 1. The summed E-state index contributed by atoms with van der Waals surface area (Å²) in [6.07, 6.45) is 1.62. The summed E-state index contributed by atoms with van der Waals surface area (Å²) >= 11 is 0. The Morgan fingerprint density at radius 3 is 2.64 bits per heavy atom. The Morgan fingerprint density at radius 2 is 1.79 bits per heavy atom. The smallest absolute Gasteiger partial charge is 0.305 e. The lowest BCUT2D eigenvalue weighted by Crippen LogP contribution is -2.41. The van der Waals surface area contributed by atoms with E-state index in [-0.39, 0.29) is 12.4 Å². The third-order valence-electron chi connectivity index (χ3n) is 4.02. The van der Waals surface area contributed by atoms with Crippen molar-refractivity contribution in [2.45, 2.75) is 6.61 Å². The first-order valence-electron chi connectivity index (χ1n) is 8.50. The van der Waals surface area contributed by atoms with E-state index < -0.39 is 11.8 Å². The molecule has 0 saturated carbocycles. The third-order valence-corrected chi connectivity index (χ3v) is 4.02. The van der Waals surface area contributed by atoms with Gasteiger partial charge in [-0.15, -0.1) is 0 Å². The van der Waals surface area contributed by atoms with Crippen LogP contribution in [0.1, 0.15) is 26.7 Å². The summed E-state index contributed by atoms with van der Waals surface area (Å²) < 4.78 is 11.0. The lowest BCUT2D eigenvalue weighted by Gasteiger charge is -2.07. The van der Waals surface area contributed by atoms with Crippen LogP contribution in [0.25, 0.3) is 10.9 Å². The summed E-state index contributed by atoms with van der Waals surface area (Å²) in [7, 11) is 0. The molecule has 0 radical (unpaired) electrons. The summed E-state index contributed by atoms with van der Waals surface area (Å²) in [5.74, 6) is 0.206. The molecule has 0 fully saturated rings. The number of hydrogen-bond donors (Lipinski definition) is 3. The van der Waals surface area contributed by atoms with Crippen molar-refractivity contribution >= 4 is 22.7 Å². The number of hydrogen-bond acceptors (Lipinski definition) is 5. The van der Waals surface area contributed by atoms with Crippen molar-refractivity contribution in [2.24, 2.45) is 0 Å². The van der Waals surface area contributed by atoms with E-state index in [1.165, 1.54) is 6.07 Å². The molecule has 0 unspecified atom stereocenters. The fourth-order valence-corrected chi connectivity index (χ4v) is 2.65. The van der Waals surface area contributed by atoms with Crippen molar-refractivity contribution in [3.8, 4) is 5.75 Å². The minimum Gasteiger partial charge on any atom is -0.486 e. The molecule has 8 nitrogen and oxygen atoms in total. The Bertz CT molecular complexity index is 1120. The molecule has 140 valence electrons. The molecule has 0 bridgehead atoms. The van der Waals surface area contributed by atoms with E-state index in [2.05, 4.69) is 21.0 Å². The zero-order chi connectivity index (χ0) is 19.3. The van der Waals surface area contributed by atoms with E-state index in [0.717, 1.165) is 5.39 Å². The molecular weight excluding hydrogens is 360 g/mol. The number of para-hydroxylation sites is 2. The number of aromatic amines is 1. The number of carbonyl (C=O) groups excluding carboxylic acids is 2. The topological polar surface area (TPSA) is 109 Å². The standard InChI is InChI=1S/C20H16N4O4/c25-19(16-8-4-5-13-11-21-22-18(13)16)23-24-20(26)17-10-9-15(28-17)12-27-14-6-2-1-3-7-14/h1-11H,12H2,(H,21,22)(H,23,25)(H,24,26). The Hall–Kier alpha value is -4.07. The fraction of sp³-hybridized carbons (Fsp3) is 0.0500. The van der Waals surface area contributed by atoms with Crippen molar-refractivity contribution in [3.63, 3.8) is 0 Å². The van der Waals surface area contributed by atoms with Crippen molar-refractivity contribution in [2.75, 3.05) is 0 Å². The van der Waals surface area contributed by atoms with Crippen molar-refractivity contribution in [3.05, 3.63) is 83.9 Å². The van der Waals surface area contributed by atoms with Gasteiger partial charge >= 0.3 is 5.91 Å². The van der Waals surface area contributed by atoms with Crippen LogP contribution in [0.4, 0.5) is 0 Å². The second-order valence-electron chi connectivity index (χ2n) is 5.92. The van der Waals surface area contributed by atoms with Gasteiger partial charge in [0, 0.05) is 5.39 Å². The number of aromatic nitrogens is 2. The monoisotopic (exact) mass is 376 g/mol. The van der Waals surface area contributed by atoms with Crippen LogP contribution in [0.3, 0.4) is 0 Å². The average molecular weight is 376 g/mol. The van der Waals surface area contributed by atoms with E-state index in [1.54, 1.807) is 24.4 Å². The highest BCUT2D eigenvalue weighted by Gasteiger charge is 2.15. The highest BCUT2D eigenvalue weighted by molar-refractivity contribution is 6.06. The van der Waals surface area contributed by atoms with Gasteiger partial charge in [0.15, 0.2) is 5.76 Å². The molecule has 2 aromatic carbocycles. The Labute approximate surface area is 159 Å². The van der Waals surface area contributed by atoms with Crippen LogP contribution >= 0.6 is 0 Å². The van der Waals surface area contributed by atoms with Crippen molar-refractivity contribution in [1.82, 2.24) is 21.0 Å². The van der Waals surface area contributed by atoms with E-state index in [9.17, 15) is 9.59 Å². The second-order valence-corrected chi connectivity index (χ2v) is 5.92. The maximum absolute atomic E-state index is 12.3. The zero-order valence-corrected chi connectivity index (χ0v) is 14.6. The van der Waals surface area contributed by atoms with Gasteiger partial charge < -0.3 is 9.15 Å². The highest BCUT2D eigenvalue weighted by Crippen LogP contribution is 2.16. The van der Waals surface area contributed by atoms with E-state index in [4.69, 9.17) is 9.15 Å². The van der Waals surface area contributed by atoms with Gasteiger partial charge in [-0.25, -0.2) is 0 Å². The number of nitrogens with one attached hydrogen (secondary N) is 3. The van der Waals surface area contributed by atoms with Gasteiger partial charge in [0.2, 0.25) is 0 Å².